The van der Waals surface area contributed by atoms with Crippen LogP contribution >= 0.6 is 0 Å². The van der Waals surface area contributed by atoms with E-state index in [9.17, 15) is 0 Å². The van der Waals surface area contributed by atoms with Crippen LogP contribution in [0.15, 0.2) is 0 Å². The molecule has 3 N–H and O–H groups in total. The Balaban J connectivity index is 2.35. The maximum Gasteiger partial charge on any atom is 0.0607 e. The molecule has 1 fully saturated rings. The van der Waals surface area contributed by atoms with E-state index in [1.165, 1.54) is 19.3 Å². The summed E-state index contributed by atoms with van der Waals surface area (Å²) >= 11 is 0. The van der Waals surface area contributed by atoms with Gasteiger partial charge in [0.2, 0.25) is 0 Å². The molecule has 0 aromatic carbocycles. The minimum atomic E-state index is -0.141. The van der Waals surface area contributed by atoms with Gasteiger partial charge < -0.3 is 15.5 Å². The molecule has 3 atom stereocenters. The van der Waals surface area contributed by atoms with E-state index < -0.39 is 0 Å². The van der Waals surface area contributed by atoms with E-state index in [-0.39, 0.29) is 19.3 Å². The normalized spacial score (nSPS) is 33.6. The van der Waals surface area contributed by atoms with Crippen molar-refractivity contribution in [2.24, 2.45) is 11.8 Å². The quantitative estimate of drug-likeness (QED) is 0.629. The van der Waals surface area contributed by atoms with Gasteiger partial charge >= 0.3 is 0 Å². The van der Waals surface area contributed by atoms with Crippen molar-refractivity contribution in [1.82, 2.24) is 5.32 Å². The molecule has 1 saturated carbocycles. The minimum absolute atomic E-state index is 0.0236. The van der Waals surface area contributed by atoms with Crippen LogP contribution in [-0.2, 0) is 0 Å². The van der Waals surface area contributed by atoms with Gasteiger partial charge in [-0.15, -0.1) is 0 Å². The molecular weight excluding hydrogens is 178 g/mol. The van der Waals surface area contributed by atoms with E-state index in [1.54, 1.807) is 0 Å². The average Bonchev–Trinajstić information content (AvgIpc) is 2.12. The molecule has 1 rings (SSSR count). The Hall–Kier alpha value is -0.120. The topological polar surface area (TPSA) is 52.5 Å². The standard InChI is InChI=1S/C11H23NO2/c1-8-3-9(2)5-10(4-8)12-11(6-13)7-14/h8-14H,3-7H2,1-2H3/t8-,9+,10?. The Morgan fingerprint density at radius 2 is 1.57 bits per heavy atom. The van der Waals surface area contributed by atoms with Crippen molar-refractivity contribution in [3.8, 4) is 0 Å². The Bertz CT molecular complexity index is 149. The average molecular weight is 201 g/mol. The number of aliphatic hydroxyl groups excluding tert-OH is 2. The van der Waals surface area contributed by atoms with Gasteiger partial charge in [-0.1, -0.05) is 13.8 Å². The molecule has 0 aromatic heterocycles. The van der Waals surface area contributed by atoms with Crippen LogP contribution in [0.5, 0.6) is 0 Å². The molecule has 0 bridgehead atoms. The Morgan fingerprint density at radius 3 is 2.00 bits per heavy atom. The lowest BCUT2D eigenvalue weighted by atomic mass is 9.80. The highest BCUT2D eigenvalue weighted by atomic mass is 16.3. The Labute approximate surface area is 86.5 Å². The number of hydrogen-bond acceptors (Lipinski definition) is 3. The van der Waals surface area contributed by atoms with Gasteiger partial charge in [0.05, 0.1) is 19.3 Å². The van der Waals surface area contributed by atoms with Crippen molar-refractivity contribution in [3.63, 3.8) is 0 Å². The first-order chi connectivity index (χ1) is 6.65. The summed E-state index contributed by atoms with van der Waals surface area (Å²) in [6.07, 6.45) is 3.64. The number of nitrogens with one attached hydrogen (secondary N) is 1. The molecule has 3 heteroatoms. The maximum absolute atomic E-state index is 8.97. The molecule has 0 saturated heterocycles. The first kappa shape index (κ1) is 12.0. The van der Waals surface area contributed by atoms with Crippen LogP contribution in [0.2, 0.25) is 0 Å². The highest BCUT2D eigenvalue weighted by Crippen LogP contribution is 2.28. The zero-order valence-corrected chi connectivity index (χ0v) is 9.24. The molecule has 0 radical (unpaired) electrons. The first-order valence-electron chi connectivity index (χ1n) is 5.63. The largest absolute Gasteiger partial charge is 0.395 e. The fraction of sp³-hybridized carbons (Fsp3) is 1.00. The van der Waals surface area contributed by atoms with Crippen molar-refractivity contribution in [2.75, 3.05) is 13.2 Å². The third kappa shape index (κ3) is 3.56. The van der Waals surface area contributed by atoms with Crippen molar-refractivity contribution in [3.05, 3.63) is 0 Å². The van der Waals surface area contributed by atoms with Crippen molar-refractivity contribution < 1.29 is 10.2 Å². The molecule has 0 aliphatic heterocycles. The number of rotatable bonds is 4. The zero-order chi connectivity index (χ0) is 10.6. The molecule has 3 nitrogen and oxygen atoms in total. The van der Waals surface area contributed by atoms with Gasteiger partial charge in [-0.3, -0.25) is 0 Å². The molecule has 84 valence electrons. The molecule has 14 heavy (non-hydrogen) atoms. The minimum Gasteiger partial charge on any atom is -0.395 e. The van der Waals surface area contributed by atoms with Crippen LogP contribution in [0.25, 0.3) is 0 Å². The monoisotopic (exact) mass is 201 g/mol. The summed E-state index contributed by atoms with van der Waals surface area (Å²) in [7, 11) is 0. The highest BCUT2D eigenvalue weighted by molar-refractivity contribution is 4.82. The molecule has 1 aliphatic rings. The third-order valence-corrected chi connectivity index (χ3v) is 3.09. The van der Waals surface area contributed by atoms with Crippen LogP contribution in [0.3, 0.4) is 0 Å². The van der Waals surface area contributed by atoms with E-state index in [2.05, 4.69) is 19.2 Å². The summed E-state index contributed by atoms with van der Waals surface area (Å²) in [6.45, 7) is 4.60. The molecule has 1 unspecified atom stereocenters. The van der Waals surface area contributed by atoms with Crippen LogP contribution in [-0.4, -0.2) is 35.5 Å². The van der Waals surface area contributed by atoms with E-state index in [0.717, 1.165) is 11.8 Å². The summed E-state index contributed by atoms with van der Waals surface area (Å²) in [5.41, 5.74) is 0. The highest BCUT2D eigenvalue weighted by Gasteiger charge is 2.25. The molecular formula is C11H23NO2. The molecule has 1 aliphatic carbocycles. The lowest BCUT2D eigenvalue weighted by Gasteiger charge is -2.34. The molecule has 0 spiro atoms. The molecule has 0 heterocycles. The van der Waals surface area contributed by atoms with Crippen molar-refractivity contribution in [1.29, 1.82) is 0 Å². The zero-order valence-electron chi connectivity index (χ0n) is 9.24. The predicted molar refractivity (Wildman–Crippen MR) is 57.1 cm³/mol. The Morgan fingerprint density at radius 1 is 1.07 bits per heavy atom. The second kappa shape index (κ2) is 5.69. The molecule has 0 amide bonds. The van der Waals surface area contributed by atoms with E-state index >= 15 is 0 Å². The first-order valence-corrected chi connectivity index (χ1v) is 5.63. The lowest BCUT2D eigenvalue weighted by molar-refractivity contribution is 0.140. The lowest BCUT2D eigenvalue weighted by Crippen LogP contribution is -2.45. The second-order valence-corrected chi connectivity index (χ2v) is 4.84. The summed E-state index contributed by atoms with van der Waals surface area (Å²) < 4.78 is 0. The van der Waals surface area contributed by atoms with Crippen molar-refractivity contribution >= 4 is 0 Å². The maximum atomic E-state index is 8.97. The van der Waals surface area contributed by atoms with Crippen LogP contribution in [0.4, 0.5) is 0 Å². The molecule has 0 aromatic rings. The van der Waals surface area contributed by atoms with Gasteiger partial charge in [-0.05, 0) is 31.1 Å². The smallest absolute Gasteiger partial charge is 0.0607 e. The SMILES string of the molecule is C[C@@H]1CC(NC(CO)CO)C[C@H](C)C1. The summed E-state index contributed by atoms with van der Waals surface area (Å²) in [5, 5.41) is 21.2. The summed E-state index contributed by atoms with van der Waals surface area (Å²) in [5.74, 6) is 1.52. The number of hydrogen-bond donors (Lipinski definition) is 3. The van der Waals surface area contributed by atoms with Gasteiger partial charge in [-0.25, -0.2) is 0 Å². The van der Waals surface area contributed by atoms with Gasteiger partial charge in [0.25, 0.3) is 0 Å². The summed E-state index contributed by atoms with van der Waals surface area (Å²) in [6, 6.07) is 0.329. The predicted octanol–water partition coefficient (Wildman–Crippen LogP) is 0.754. The van der Waals surface area contributed by atoms with Gasteiger partial charge in [0.1, 0.15) is 0 Å². The van der Waals surface area contributed by atoms with Crippen LogP contribution < -0.4 is 5.32 Å². The van der Waals surface area contributed by atoms with E-state index in [4.69, 9.17) is 10.2 Å². The van der Waals surface area contributed by atoms with Crippen LogP contribution in [0.1, 0.15) is 33.1 Å². The number of aliphatic hydroxyl groups is 2. The second-order valence-electron chi connectivity index (χ2n) is 4.84. The van der Waals surface area contributed by atoms with Gasteiger partial charge in [-0.2, -0.15) is 0 Å². The fourth-order valence-electron chi connectivity index (χ4n) is 2.58. The van der Waals surface area contributed by atoms with Gasteiger partial charge in [0.15, 0.2) is 0 Å². The Kier molecular flexibility index (Phi) is 4.85. The van der Waals surface area contributed by atoms with Crippen LogP contribution in [0, 0.1) is 11.8 Å². The third-order valence-electron chi connectivity index (χ3n) is 3.09. The van der Waals surface area contributed by atoms with Crippen molar-refractivity contribution in [2.45, 2.75) is 45.2 Å². The fourth-order valence-corrected chi connectivity index (χ4v) is 2.58. The summed E-state index contributed by atoms with van der Waals surface area (Å²) in [4.78, 5) is 0. The van der Waals surface area contributed by atoms with Gasteiger partial charge in [0, 0.05) is 6.04 Å². The van der Waals surface area contributed by atoms with E-state index in [0.29, 0.717) is 6.04 Å². The van der Waals surface area contributed by atoms with E-state index in [1.807, 2.05) is 0 Å².